The first-order valence-corrected chi connectivity index (χ1v) is 7.75. The third kappa shape index (κ3) is 4.99. The molecular formula is C15H22BrNO. The van der Waals surface area contributed by atoms with Crippen molar-refractivity contribution in [2.24, 2.45) is 0 Å². The van der Waals surface area contributed by atoms with Crippen molar-refractivity contribution in [3.8, 4) is 5.75 Å². The molecule has 1 saturated carbocycles. The maximum atomic E-state index is 5.68. The first-order valence-electron chi connectivity index (χ1n) is 6.96. The molecule has 1 aliphatic carbocycles. The summed E-state index contributed by atoms with van der Waals surface area (Å²) in [7, 11) is 0. The van der Waals surface area contributed by atoms with Gasteiger partial charge in [0.1, 0.15) is 5.75 Å². The smallest absolute Gasteiger partial charge is 0.119 e. The van der Waals surface area contributed by atoms with Crippen molar-refractivity contribution in [2.45, 2.75) is 44.6 Å². The molecule has 0 spiro atoms. The van der Waals surface area contributed by atoms with Crippen molar-refractivity contribution in [2.75, 3.05) is 13.2 Å². The monoisotopic (exact) mass is 311 g/mol. The van der Waals surface area contributed by atoms with Crippen molar-refractivity contribution < 1.29 is 4.74 Å². The Kier molecular flexibility index (Phi) is 6.01. The number of rotatable bonds is 7. The van der Waals surface area contributed by atoms with Crippen molar-refractivity contribution in [3.63, 3.8) is 0 Å². The highest BCUT2D eigenvalue weighted by atomic mass is 79.9. The molecule has 0 aromatic heterocycles. The number of hydrogen-bond donors (Lipinski definition) is 1. The van der Waals surface area contributed by atoms with E-state index >= 15 is 0 Å². The largest absolute Gasteiger partial charge is 0.494 e. The summed E-state index contributed by atoms with van der Waals surface area (Å²) in [5.41, 5.74) is 0. The fourth-order valence-electron chi connectivity index (χ4n) is 2.38. The molecular weight excluding hydrogens is 290 g/mol. The average Bonchev–Trinajstić information content (AvgIpc) is 2.89. The molecule has 100 valence electrons. The van der Waals surface area contributed by atoms with E-state index in [4.69, 9.17) is 4.74 Å². The highest BCUT2D eigenvalue weighted by Gasteiger charge is 2.12. The van der Waals surface area contributed by atoms with Gasteiger partial charge in [0.2, 0.25) is 0 Å². The Morgan fingerprint density at radius 1 is 1.11 bits per heavy atom. The molecule has 0 radical (unpaired) electrons. The van der Waals surface area contributed by atoms with Gasteiger partial charge in [-0.25, -0.2) is 0 Å². The van der Waals surface area contributed by atoms with Gasteiger partial charge >= 0.3 is 0 Å². The summed E-state index contributed by atoms with van der Waals surface area (Å²) >= 11 is 3.42. The molecule has 0 heterocycles. The van der Waals surface area contributed by atoms with Crippen LogP contribution in [0.15, 0.2) is 28.7 Å². The molecule has 1 aliphatic rings. The van der Waals surface area contributed by atoms with E-state index < -0.39 is 0 Å². The molecule has 1 N–H and O–H groups in total. The maximum absolute atomic E-state index is 5.68. The van der Waals surface area contributed by atoms with Crippen molar-refractivity contribution in [3.05, 3.63) is 28.7 Å². The lowest BCUT2D eigenvalue weighted by Gasteiger charge is -2.11. The molecule has 2 rings (SSSR count). The minimum Gasteiger partial charge on any atom is -0.494 e. The molecule has 2 nitrogen and oxygen atoms in total. The predicted molar refractivity (Wildman–Crippen MR) is 79.1 cm³/mol. The van der Waals surface area contributed by atoms with Crippen LogP contribution in [-0.4, -0.2) is 19.2 Å². The van der Waals surface area contributed by atoms with Gasteiger partial charge in [0, 0.05) is 10.5 Å². The fraction of sp³-hybridized carbons (Fsp3) is 0.600. The Labute approximate surface area is 118 Å². The van der Waals surface area contributed by atoms with Crippen LogP contribution in [0.5, 0.6) is 5.75 Å². The number of benzene rings is 1. The molecule has 0 atom stereocenters. The van der Waals surface area contributed by atoms with Crippen LogP contribution in [-0.2, 0) is 0 Å². The Morgan fingerprint density at radius 2 is 1.83 bits per heavy atom. The van der Waals surface area contributed by atoms with E-state index in [1.165, 1.54) is 32.1 Å². The number of ether oxygens (including phenoxy) is 1. The van der Waals surface area contributed by atoms with Crippen LogP contribution in [0, 0.1) is 0 Å². The zero-order valence-corrected chi connectivity index (χ0v) is 12.4. The predicted octanol–water partition coefficient (Wildman–Crippen LogP) is 4.14. The van der Waals surface area contributed by atoms with Gasteiger partial charge in [-0.15, -0.1) is 0 Å². The zero-order chi connectivity index (χ0) is 12.6. The number of unbranched alkanes of at least 4 members (excludes halogenated alkanes) is 1. The molecule has 1 aromatic rings. The second kappa shape index (κ2) is 7.80. The van der Waals surface area contributed by atoms with Gasteiger partial charge in [-0.2, -0.15) is 0 Å². The Bertz CT molecular complexity index is 333. The fourth-order valence-corrected chi connectivity index (χ4v) is 2.65. The van der Waals surface area contributed by atoms with Crippen LogP contribution in [0.2, 0.25) is 0 Å². The zero-order valence-electron chi connectivity index (χ0n) is 10.8. The van der Waals surface area contributed by atoms with E-state index in [0.717, 1.165) is 35.8 Å². The molecule has 0 amide bonds. The minimum atomic E-state index is 0.789. The third-order valence-electron chi connectivity index (χ3n) is 3.44. The topological polar surface area (TPSA) is 21.3 Å². The summed E-state index contributed by atoms with van der Waals surface area (Å²) in [5, 5.41) is 3.63. The van der Waals surface area contributed by atoms with Crippen LogP contribution < -0.4 is 10.1 Å². The quantitative estimate of drug-likeness (QED) is 0.764. The summed E-state index contributed by atoms with van der Waals surface area (Å²) in [6.45, 7) is 1.95. The highest BCUT2D eigenvalue weighted by molar-refractivity contribution is 9.10. The van der Waals surface area contributed by atoms with Gasteiger partial charge in [0.15, 0.2) is 0 Å². The number of nitrogens with one attached hydrogen (secondary N) is 1. The van der Waals surface area contributed by atoms with Crippen LogP contribution in [0.1, 0.15) is 38.5 Å². The standard InChI is InChI=1S/C15H22BrNO/c16-13-7-9-15(10-8-13)18-12-4-3-11-17-14-5-1-2-6-14/h7-10,14,17H,1-6,11-12H2. The second-order valence-electron chi connectivity index (χ2n) is 4.94. The van der Waals surface area contributed by atoms with E-state index in [2.05, 4.69) is 21.2 Å². The summed E-state index contributed by atoms with van der Waals surface area (Å²) in [6.07, 6.45) is 7.88. The molecule has 0 aliphatic heterocycles. The first-order chi connectivity index (χ1) is 8.84. The number of halogens is 1. The molecule has 0 bridgehead atoms. The van der Waals surface area contributed by atoms with Crippen LogP contribution in [0.3, 0.4) is 0 Å². The van der Waals surface area contributed by atoms with Gasteiger partial charge in [-0.05, 0) is 56.5 Å². The summed E-state index contributed by atoms with van der Waals surface area (Å²) in [5.74, 6) is 0.960. The van der Waals surface area contributed by atoms with Gasteiger partial charge in [-0.1, -0.05) is 28.8 Å². The Morgan fingerprint density at radius 3 is 2.56 bits per heavy atom. The van der Waals surface area contributed by atoms with Crippen molar-refractivity contribution >= 4 is 15.9 Å². The van der Waals surface area contributed by atoms with Crippen LogP contribution in [0.25, 0.3) is 0 Å². The van der Waals surface area contributed by atoms with E-state index in [-0.39, 0.29) is 0 Å². The van der Waals surface area contributed by atoms with Gasteiger partial charge in [-0.3, -0.25) is 0 Å². The van der Waals surface area contributed by atoms with Crippen molar-refractivity contribution in [1.29, 1.82) is 0 Å². The minimum absolute atomic E-state index is 0.789. The lowest BCUT2D eigenvalue weighted by molar-refractivity contribution is 0.304. The summed E-state index contributed by atoms with van der Waals surface area (Å²) < 4.78 is 6.78. The van der Waals surface area contributed by atoms with Crippen LogP contribution >= 0.6 is 15.9 Å². The first kappa shape index (κ1) is 13.9. The van der Waals surface area contributed by atoms with Gasteiger partial charge < -0.3 is 10.1 Å². The lowest BCUT2D eigenvalue weighted by atomic mass is 10.2. The highest BCUT2D eigenvalue weighted by Crippen LogP contribution is 2.18. The second-order valence-corrected chi connectivity index (χ2v) is 5.86. The third-order valence-corrected chi connectivity index (χ3v) is 3.97. The summed E-state index contributed by atoms with van der Waals surface area (Å²) in [6, 6.07) is 8.81. The molecule has 18 heavy (non-hydrogen) atoms. The van der Waals surface area contributed by atoms with Gasteiger partial charge in [0.25, 0.3) is 0 Å². The molecule has 3 heteroatoms. The average molecular weight is 312 g/mol. The molecule has 0 saturated heterocycles. The summed E-state index contributed by atoms with van der Waals surface area (Å²) in [4.78, 5) is 0. The Hall–Kier alpha value is -0.540. The maximum Gasteiger partial charge on any atom is 0.119 e. The Balaban J connectivity index is 1.49. The lowest BCUT2D eigenvalue weighted by Crippen LogP contribution is -2.27. The normalized spacial score (nSPS) is 16.1. The molecule has 1 aromatic carbocycles. The van der Waals surface area contributed by atoms with E-state index in [0.29, 0.717) is 0 Å². The number of hydrogen-bond acceptors (Lipinski definition) is 2. The van der Waals surface area contributed by atoms with E-state index in [1.54, 1.807) is 0 Å². The van der Waals surface area contributed by atoms with E-state index in [1.807, 2.05) is 24.3 Å². The van der Waals surface area contributed by atoms with Gasteiger partial charge in [0.05, 0.1) is 6.61 Å². The molecule has 1 fully saturated rings. The van der Waals surface area contributed by atoms with Crippen LogP contribution in [0.4, 0.5) is 0 Å². The van der Waals surface area contributed by atoms with Crippen molar-refractivity contribution in [1.82, 2.24) is 5.32 Å². The molecule has 0 unspecified atom stereocenters. The SMILES string of the molecule is Brc1ccc(OCCCCNC2CCCC2)cc1. The van der Waals surface area contributed by atoms with E-state index in [9.17, 15) is 0 Å².